The van der Waals surface area contributed by atoms with Crippen molar-refractivity contribution in [2.45, 2.75) is 57.5 Å². The van der Waals surface area contributed by atoms with Gasteiger partial charge in [0.2, 0.25) is 21.6 Å². The topological polar surface area (TPSA) is 174 Å². The number of aliphatic carboxylic acids is 1. The molecule has 0 aromatic carbocycles. The van der Waals surface area contributed by atoms with Gasteiger partial charge < -0.3 is 25.4 Å². The van der Waals surface area contributed by atoms with Gasteiger partial charge in [-0.05, 0) is 56.3 Å². The minimum Gasteiger partial charge on any atom is -0.480 e. The van der Waals surface area contributed by atoms with Crippen molar-refractivity contribution in [1.82, 2.24) is 15.2 Å². The van der Waals surface area contributed by atoms with Crippen LogP contribution in [0.15, 0.2) is 10.6 Å². The van der Waals surface area contributed by atoms with E-state index in [0.29, 0.717) is 25.4 Å². The standard InChI is InChI=1S/C19H32N4O7S/c1-2-3-11-31(27,28)23-17(19(25)26)16(20)18(24)14-12-15(22-30-14)29-10-4-5-13-6-8-21-9-7-13/h12-13,16-17,21,23H,2-11,20H2,1H3,(H,25,26). The molecule has 11 nitrogen and oxygen atoms in total. The lowest BCUT2D eigenvalue weighted by atomic mass is 9.93. The zero-order chi connectivity index (χ0) is 22.9. The van der Waals surface area contributed by atoms with Crippen LogP contribution in [0.25, 0.3) is 0 Å². The normalized spacial score (nSPS) is 17.2. The molecule has 31 heavy (non-hydrogen) atoms. The summed E-state index contributed by atoms with van der Waals surface area (Å²) in [6.45, 7) is 4.28. The van der Waals surface area contributed by atoms with Crippen LogP contribution in [0.2, 0.25) is 0 Å². The molecule has 0 radical (unpaired) electrons. The maximum Gasteiger partial charge on any atom is 0.323 e. The highest BCUT2D eigenvalue weighted by atomic mass is 32.2. The van der Waals surface area contributed by atoms with Crippen LogP contribution in [0.3, 0.4) is 0 Å². The smallest absolute Gasteiger partial charge is 0.323 e. The number of nitrogens with one attached hydrogen (secondary N) is 2. The predicted octanol–water partition coefficient (Wildman–Crippen LogP) is 0.516. The highest BCUT2D eigenvalue weighted by Gasteiger charge is 2.36. The molecule has 2 atom stereocenters. The fourth-order valence-electron chi connectivity index (χ4n) is 3.34. The first kappa shape index (κ1) is 25.2. The van der Waals surface area contributed by atoms with Crippen LogP contribution in [-0.2, 0) is 14.8 Å². The van der Waals surface area contributed by atoms with Gasteiger partial charge in [-0.25, -0.2) is 8.42 Å². The second kappa shape index (κ2) is 12.1. The number of carbonyl (C=O) groups excluding carboxylic acids is 1. The van der Waals surface area contributed by atoms with Crippen molar-refractivity contribution >= 4 is 21.8 Å². The Hall–Kier alpha value is -2.02. The number of carboxylic acid groups (broad SMARTS) is 1. The molecule has 0 saturated carbocycles. The molecule has 1 saturated heterocycles. The molecule has 2 unspecified atom stereocenters. The molecule has 12 heteroatoms. The Bertz CT molecular complexity index is 821. The number of carbonyl (C=O) groups is 2. The molecule has 176 valence electrons. The zero-order valence-electron chi connectivity index (χ0n) is 17.7. The fourth-order valence-corrected chi connectivity index (χ4v) is 4.76. The lowest BCUT2D eigenvalue weighted by Gasteiger charge is -2.22. The lowest BCUT2D eigenvalue weighted by molar-refractivity contribution is -0.139. The van der Waals surface area contributed by atoms with Crippen LogP contribution in [0.1, 0.15) is 56.0 Å². The number of Topliss-reactive ketones (excluding diaryl/α,β-unsaturated/α-hetero) is 1. The number of hydrogen-bond donors (Lipinski definition) is 4. The SMILES string of the molecule is CCCCS(=O)(=O)NC(C(=O)O)C(N)C(=O)c1cc(OCCCC2CCNCC2)no1. The number of sulfonamides is 1. The van der Waals surface area contributed by atoms with Crippen molar-refractivity contribution in [3.63, 3.8) is 0 Å². The van der Waals surface area contributed by atoms with Gasteiger partial charge >= 0.3 is 5.97 Å². The van der Waals surface area contributed by atoms with E-state index in [1.807, 2.05) is 4.72 Å². The Morgan fingerprint density at radius 3 is 2.74 bits per heavy atom. The highest BCUT2D eigenvalue weighted by molar-refractivity contribution is 7.89. The molecule has 0 bridgehead atoms. The highest BCUT2D eigenvalue weighted by Crippen LogP contribution is 2.19. The molecule has 2 rings (SSSR count). The Labute approximate surface area is 182 Å². The average molecular weight is 461 g/mol. The number of carboxylic acids is 1. The van der Waals surface area contributed by atoms with Crippen molar-refractivity contribution in [1.29, 1.82) is 0 Å². The summed E-state index contributed by atoms with van der Waals surface area (Å²) in [6.07, 6.45) is 5.13. The van der Waals surface area contributed by atoms with Gasteiger partial charge in [-0.1, -0.05) is 13.3 Å². The summed E-state index contributed by atoms with van der Waals surface area (Å²) in [5.41, 5.74) is 5.75. The average Bonchev–Trinajstić information content (AvgIpc) is 3.22. The largest absolute Gasteiger partial charge is 0.480 e. The third-order valence-corrected chi connectivity index (χ3v) is 6.64. The van der Waals surface area contributed by atoms with Crippen LogP contribution in [0.4, 0.5) is 0 Å². The summed E-state index contributed by atoms with van der Waals surface area (Å²) in [7, 11) is -3.91. The Balaban J connectivity index is 1.89. The maximum absolute atomic E-state index is 12.5. The van der Waals surface area contributed by atoms with Crippen LogP contribution in [0.5, 0.6) is 5.88 Å². The molecule has 1 aromatic heterocycles. The van der Waals surface area contributed by atoms with E-state index in [1.165, 1.54) is 6.07 Å². The zero-order valence-corrected chi connectivity index (χ0v) is 18.5. The van der Waals surface area contributed by atoms with Gasteiger partial charge in [0.1, 0.15) is 6.04 Å². The minimum atomic E-state index is -3.91. The molecule has 2 heterocycles. The van der Waals surface area contributed by atoms with Gasteiger partial charge in [0, 0.05) is 0 Å². The molecule has 1 fully saturated rings. The van der Waals surface area contributed by atoms with Crippen molar-refractivity contribution in [2.75, 3.05) is 25.4 Å². The molecular formula is C19H32N4O7S. The molecular weight excluding hydrogens is 428 g/mol. The quantitative estimate of drug-likeness (QED) is 0.226. The molecule has 1 aromatic rings. The van der Waals surface area contributed by atoms with Gasteiger partial charge in [-0.2, -0.15) is 4.72 Å². The minimum absolute atomic E-state index is 0.0938. The van der Waals surface area contributed by atoms with E-state index in [0.717, 1.165) is 38.8 Å². The predicted molar refractivity (Wildman–Crippen MR) is 112 cm³/mol. The Morgan fingerprint density at radius 2 is 2.10 bits per heavy atom. The Kier molecular flexibility index (Phi) is 9.88. The lowest BCUT2D eigenvalue weighted by Crippen LogP contribution is -2.56. The number of ketones is 1. The number of rotatable bonds is 14. The van der Waals surface area contributed by atoms with Gasteiger partial charge in [0.25, 0.3) is 5.88 Å². The number of hydrogen-bond acceptors (Lipinski definition) is 9. The number of ether oxygens (including phenoxy) is 1. The first-order valence-electron chi connectivity index (χ1n) is 10.6. The molecule has 0 amide bonds. The second-order valence-electron chi connectivity index (χ2n) is 7.71. The number of nitrogens with two attached hydrogens (primary N) is 1. The maximum atomic E-state index is 12.5. The molecule has 0 aliphatic carbocycles. The summed E-state index contributed by atoms with van der Waals surface area (Å²) in [4.78, 5) is 24.0. The Morgan fingerprint density at radius 1 is 1.39 bits per heavy atom. The monoisotopic (exact) mass is 460 g/mol. The van der Waals surface area contributed by atoms with E-state index in [9.17, 15) is 23.1 Å². The van der Waals surface area contributed by atoms with E-state index >= 15 is 0 Å². The van der Waals surface area contributed by atoms with Crippen molar-refractivity contribution in [2.24, 2.45) is 11.7 Å². The van der Waals surface area contributed by atoms with E-state index in [1.54, 1.807) is 6.92 Å². The summed E-state index contributed by atoms with van der Waals surface area (Å²) >= 11 is 0. The summed E-state index contributed by atoms with van der Waals surface area (Å²) in [5, 5.41) is 16.3. The fraction of sp³-hybridized carbons (Fsp3) is 0.737. The third-order valence-electron chi connectivity index (χ3n) is 5.20. The van der Waals surface area contributed by atoms with Crippen molar-refractivity contribution in [3.05, 3.63) is 11.8 Å². The molecule has 1 aliphatic rings. The van der Waals surface area contributed by atoms with Crippen molar-refractivity contribution in [3.8, 4) is 5.88 Å². The van der Waals surface area contributed by atoms with Gasteiger partial charge in [-0.15, -0.1) is 0 Å². The van der Waals surface area contributed by atoms with E-state index in [2.05, 4.69) is 10.5 Å². The summed E-state index contributed by atoms with van der Waals surface area (Å²) < 4.78 is 36.5. The van der Waals surface area contributed by atoms with Crippen LogP contribution < -0.4 is 20.5 Å². The van der Waals surface area contributed by atoms with E-state index in [-0.39, 0.29) is 17.4 Å². The summed E-state index contributed by atoms with van der Waals surface area (Å²) in [5.74, 6) is -2.23. The van der Waals surface area contributed by atoms with Gasteiger partial charge in [0.05, 0.1) is 24.5 Å². The third kappa shape index (κ3) is 8.20. The molecule has 5 N–H and O–H groups in total. The number of piperidine rings is 1. The first-order chi connectivity index (χ1) is 14.7. The summed E-state index contributed by atoms with van der Waals surface area (Å²) in [6, 6.07) is -2.28. The van der Waals surface area contributed by atoms with Crippen LogP contribution in [-0.4, -0.2) is 68.0 Å². The molecule has 1 aliphatic heterocycles. The van der Waals surface area contributed by atoms with Crippen LogP contribution in [0, 0.1) is 5.92 Å². The second-order valence-corrected chi connectivity index (χ2v) is 9.58. The van der Waals surface area contributed by atoms with E-state index < -0.39 is 33.9 Å². The van der Waals surface area contributed by atoms with E-state index in [4.69, 9.17) is 15.0 Å². The number of aromatic nitrogens is 1. The van der Waals surface area contributed by atoms with Crippen molar-refractivity contribution < 1.29 is 32.4 Å². The number of nitrogens with zero attached hydrogens (tertiary/aromatic N) is 1. The molecule has 0 spiro atoms. The first-order valence-corrected chi connectivity index (χ1v) is 12.2. The van der Waals surface area contributed by atoms with Gasteiger partial charge in [-0.3, -0.25) is 9.59 Å². The van der Waals surface area contributed by atoms with Gasteiger partial charge in [0.15, 0.2) is 0 Å². The number of unbranched alkanes of at least 4 members (excludes halogenated alkanes) is 1. The van der Waals surface area contributed by atoms with Crippen LogP contribution >= 0.6 is 0 Å².